The summed E-state index contributed by atoms with van der Waals surface area (Å²) in [4.78, 5) is 36.9. The van der Waals surface area contributed by atoms with Gasteiger partial charge in [-0.1, -0.05) is 6.07 Å². The van der Waals surface area contributed by atoms with Crippen molar-refractivity contribution in [1.82, 2.24) is 15.2 Å². The van der Waals surface area contributed by atoms with Crippen LogP contribution in [0.5, 0.6) is 0 Å². The number of carbonyl (C=O) groups excluding carboxylic acids is 2. The van der Waals surface area contributed by atoms with Gasteiger partial charge in [-0.3, -0.25) is 24.9 Å². The Kier molecular flexibility index (Phi) is 4.95. The number of amidine groups is 1. The van der Waals surface area contributed by atoms with Gasteiger partial charge in [0.25, 0.3) is 0 Å². The summed E-state index contributed by atoms with van der Waals surface area (Å²) in [5.74, 6) is 1.39. The van der Waals surface area contributed by atoms with Crippen LogP contribution in [0.3, 0.4) is 0 Å². The molecule has 4 aliphatic carbocycles. The molecule has 3 atom stereocenters. The molecule has 0 radical (unpaired) electrons. The standard InChI is InChI=1S/C24H30N6O2/c1-23(5-7-30(22(23)32)13-18-4-2-3-6-27-18)21(28-14-25)29-19-16-8-15-9-17(19)12-24(10-15,11-16)20(26)31/h2-4,6,15-17,19H,5,7-13H2,1H3,(H2,26,31)(H,28,29). The molecule has 0 aromatic carbocycles. The van der Waals surface area contributed by atoms with E-state index in [0.717, 1.165) is 37.8 Å². The number of likely N-dealkylation sites (tertiary alicyclic amines) is 1. The molecule has 4 saturated carbocycles. The molecule has 2 amide bonds. The van der Waals surface area contributed by atoms with Crippen LogP contribution in [0.4, 0.5) is 0 Å². The maximum Gasteiger partial charge on any atom is 0.236 e. The van der Waals surface area contributed by atoms with E-state index in [0.29, 0.717) is 31.3 Å². The molecule has 4 bridgehead atoms. The first-order valence-electron chi connectivity index (χ1n) is 11.6. The summed E-state index contributed by atoms with van der Waals surface area (Å²) in [5.41, 5.74) is 5.42. The normalized spacial score (nSPS) is 38.1. The number of nitriles is 1. The predicted octanol–water partition coefficient (Wildman–Crippen LogP) is 1.97. The summed E-state index contributed by atoms with van der Waals surface area (Å²) in [7, 11) is 0. The molecular weight excluding hydrogens is 404 g/mol. The number of carbonyl (C=O) groups is 2. The molecule has 1 saturated heterocycles. The Balaban J connectivity index is 1.40. The second-order valence-corrected chi connectivity index (χ2v) is 10.4. The molecule has 3 N–H and O–H groups in total. The monoisotopic (exact) mass is 434 g/mol. The van der Waals surface area contributed by atoms with Gasteiger partial charge in [0.2, 0.25) is 11.8 Å². The van der Waals surface area contributed by atoms with Gasteiger partial charge >= 0.3 is 0 Å². The quantitative estimate of drug-likeness (QED) is 0.317. The largest absolute Gasteiger partial charge is 0.369 e. The molecule has 32 heavy (non-hydrogen) atoms. The Hall–Kier alpha value is -2.95. The van der Waals surface area contributed by atoms with Crippen LogP contribution in [0.2, 0.25) is 0 Å². The van der Waals surface area contributed by atoms with E-state index in [1.807, 2.05) is 31.3 Å². The number of nitrogens with two attached hydrogens (primary N) is 1. The lowest BCUT2D eigenvalue weighted by Gasteiger charge is -2.57. The molecule has 3 unspecified atom stereocenters. The molecular formula is C24H30N6O2. The number of hydrogen-bond acceptors (Lipinski definition) is 5. The summed E-state index contributed by atoms with van der Waals surface area (Å²) in [5, 5.41) is 12.2. The summed E-state index contributed by atoms with van der Waals surface area (Å²) in [6, 6.07) is 5.71. The number of amides is 2. The van der Waals surface area contributed by atoms with Crippen LogP contribution in [0.15, 0.2) is 29.4 Å². The van der Waals surface area contributed by atoms with Crippen molar-refractivity contribution in [2.45, 2.75) is 58.0 Å². The smallest absolute Gasteiger partial charge is 0.236 e. The zero-order valence-electron chi connectivity index (χ0n) is 18.5. The van der Waals surface area contributed by atoms with Crippen molar-refractivity contribution in [2.75, 3.05) is 6.54 Å². The second kappa shape index (κ2) is 7.58. The minimum absolute atomic E-state index is 0.0259. The van der Waals surface area contributed by atoms with E-state index in [1.54, 1.807) is 11.1 Å². The van der Waals surface area contributed by atoms with Crippen molar-refractivity contribution < 1.29 is 9.59 Å². The van der Waals surface area contributed by atoms with Crippen molar-refractivity contribution >= 4 is 17.6 Å². The molecule has 1 aromatic rings. The maximum atomic E-state index is 13.4. The minimum Gasteiger partial charge on any atom is -0.369 e. The Morgan fingerprint density at radius 3 is 2.72 bits per heavy atom. The van der Waals surface area contributed by atoms with Crippen molar-refractivity contribution in [1.29, 1.82) is 5.26 Å². The number of pyridine rings is 1. The average molecular weight is 435 g/mol. The molecule has 0 spiro atoms. The number of aliphatic imine (C=N–C) groups is 1. The average Bonchev–Trinajstić information content (AvgIpc) is 3.05. The number of nitrogens with one attached hydrogen (secondary N) is 1. The van der Waals surface area contributed by atoms with Gasteiger partial charge < -0.3 is 10.6 Å². The van der Waals surface area contributed by atoms with Gasteiger partial charge in [-0.2, -0.15) is 5.26 Å². The fourth-order valence-electron chi connectivity index (χ4n) is 7.00. The fraction of sp³-hybridized carbons (Fsp3) is 0.625. The number of nitrogens with zero attached hydrogens (tertiary/aromatic N) is 4. The van der Waals surface area contributed by atoms with Gasteiger partial charge in [0, 0.05) is 18.2 Å². The Morgan fingerprint density at radius 2 is 2.09 bits per heavy atom. The van der Waals surface area contributed by atoms with Crippen LogP contribution in [0.1, 0.15) is 51.1 Å². The van der Waals surface area contributed by atoms with Crippen molar-refractivity contribution in [3.05, 3.63) is 30.1 Å². The third-order valence-corrected chi connectivity index (χ3v) is 8.44. The van der Waals surface area contributed by atoms with Crippen LogP contribution in [-0.4, -0.2) is 40.1 Å². The maximum absolute atomic E-state index is 13.4. The SMILES string of the molecule is CC1(C(=NC2C3CC4CC2CC(C(N)=O)(C4)C3)NC#N)CCN(Cc2ccccn2)C1=O. The lowest BCUT2D eigenvalue weighted by Crippen LogP contribution is -2.58. The molecule has 2 heterocycles. The summed E-state index contributed by atoms with van der Waals surface area (Å²) in [6.45, 7) is 2.94. The highest BCUT2D eigenvalue weighted by atomic mass is 16.2. The highest BCUT2D eigenvalue weighted by Crippen LogP contribution is 2.60. The van der Waals surface area contributed by atoms with Gasteiger partial charge in [0.1, 0.15) is 11.3 Å². The highest BCUT2D eigenvalue weighted by molar-refractivity contribution is 6.09. The van der Waals surface area contributed by atoms with E-state index in [-0.39, 0.29) is 35.1 Å². The van der Waals surface area contributed by atoms with Gasteiger partial charge in [0.15, 0.2) is 6.19 Å². The van der Waals surface area contributed by atoms with Crippen LogP contribution in [0.25, 0.3) is 0 Å². The molecule has 8 nitrogen and oxygen atoms in total. The summed E-state index contributed by atoms with van der Waals surface area (Å²) < 4.78 is 0. The number of aromatic nitrogens is 1. The first-order valence-corrected chi connectivity index (χ1v) is 11.6. The van der Waals surface area contributed by atoms with Gasteiger partial charge in [0.05, 0.1) is 18.3 Å². The third kappa shape index (κ3) is 3.26. The van der Waals surface area contributed by atoms with Crippen LogP contribution < -0.4 is 11.1 Å². The van der Waals surface area contributed by atoms with E-state index in [1.165, 1.54) is 0 Å². The van der Waals surface area contributed by atoms with Gasteiger partial charge in [-0.15, -0.1) is 0 Å². The molecule has 1 aromatic heterocycles. The van der Waals surface area contributed by atoms with Crippen molar-refractivity contribution in [3.63, 3.8) is 0 Å². The first kappa shape index (κ1) is 20.9. The Morgan fingerprint density at radius 1 is 1.34 bits per heavy atom. The minimum atomic E-state index is -0.861. The van der Waals surface area contributed by atoms with Gasteiger partial charge in [-0.25, -0.2) is 0 Å². The Bertz CT molecular complexity index is 985. The Labute approximate surface area is 188 Å². The van der Waals surface area contributed by atoms with E-state index >= 15 is 0 Å². The summed E-state index contributed by atoms with van der Waals surface area (Å²) in [6.07, 6.45) is 8.91. The fourth-order valence-corrected chi connectivity index (χ4v) is 7.00. The molecule has 8 heteroatoms. The molecule has 1 aliphatic heterocycles. The van der Waals surface area contributed by atoms with E-state index in [4.69, 9.17) is 10.7 Å². The van der Waals surface area contributed by atoms with Crippen molar-refractivity contribution in [2.24, 2.45) is 39.3 Å². The number of primary amides is 1. The molecule has 5 fully saturated rings. The zero-order valence-corrected chi connectivity index (χ0v) is 18.5. The van der Waals surface area contributed by atoms with E-state index < -0.39 is 5.41 Å². The number of rotatable bonds is 5. The second-order valence-electron chi connectivity index (χ2n) is 10.4. The van der Waals surface area contributed by atoms with Crippen molar-refractivity contribution in [3.8, 4) is 6.19 Å². The lowest BCUT2D eigenvalue weighted by atomic mass is 9.47. The zero-order chi connectivity index (χ0) is 22.5. The predicted molar refractivity (Wildman–Crippen MR) is 118 cm³/mol. The van der Waals surface area contributed by atoms with E-state index in [9.17, 15) is 14.9 Å². The van der Waals surface area contributed by atoms with Crippen LogP contribution in [-0.2, 0) is 16.1 Å². The molecule has 168 valence electrons. The third-order valence-electron chi connectivity index (χ3n) is 8.44. The highest BCUT2D eigenvalue weighted by Gasteiger charge is 2.58. The topological polar surface area (TPSA) is 124 Å². The summed E-state index contributed by atoms with van der Waals surface area (Å²) >= 11 is 0. The van der Waals surface area contributed by atoms with Crippen LogP contribution >= 0.6 is 0 Å². The number of hydrogen-bond donors (Lipinski definition) is 2. The van der Waals surface area contributed by atoms with Crippen LogP contribution in [0, 0.1) is 40.0 Å². The molecule has 6 rings (SSSR count). The molecule has 5 aliphatic rings. The van der Waals surface area contributed by atoms with E-state index in [2.05, 4.69) is 10.3 Å². The first-order chi connectivity index (χ1) is 15.3. The lowest BCUT2D eigenvalue weighted by molar-refractivity contribution is -0.144. The van der Waals surface area contributed by atoms with Gasteiger partial charge in [-0.05, 0) is 75.3 Å².